The van der Waals surface area contributed by atoms with Crippen molar-refractivity contribution in [3.63, 3.8) is 0 Å². The highest BCUT2D eigenvalue weighted by atomic mass is 35.5. The summed E-state index contributed by atoms with van der Waals surface area (Å²) in [5.41, 5.74) is 7.28. The van der Waals surface area contributed by atoms with E-state index in [1.165, 1.54) is 12.8 Å². The predicted molar refractivity (Wildman–Crippen MR) is 121 cm³/mol. The van der Waals surface area contributed by atoms with Gasteiger partial charge in [0.25, 0.3) is 5.91 Å². The van der Waals surface area contributed by atoms with Crippen LogP contribution in [0.15, 0.2) is 48.8 Å². The van der Waals surface area contributed by atoms with Gasteiger partial charge in [-0.05, 0) is 42.7 Å². The zero-order chi connectivity index (χ0) is 21.6. The number of nitrogens with one attached hydrogen (secondary N) is 1. The van der Waals surface area contributed by atoms with Crippen LogP contribution in [0.4, 0.5) is 11.6 Å². The summed E-state index contributed by atoms with van der Waals surface area (Å²) in [5, 5.41) is 7.65. The molecule has 0 bridgehead atoms. The van der Waals surface area contributed by atoms with E-state index in [1.54, 1.807) is 29.1 Å². The highest BCUT2D eigenvalue weighted by molar-refractivity contribution is 6.30. The molecular weight excluding hydrogens is 416 g/mol. The summed E-state index contributed by atoms with van der Waals surface area (Å²) < 4.78 is 7.22. The van der Waals surface area contributed by atoms with Gasteiger partial charge >= 0.3 is 0 Å². The van der Waals surface area contributed by atoms with E-state index in [0.717, 1.165) is 24.5 Å². The SMILES string of the molecule is Nc1nn(Cc2ccc(N3CCCC3)nc2)cc1C(=O)NCCOc1cccc(Cl)c1. The van der Waals surface area contributed by atoms with E-state index < -0.39 is 0 Å². The Kier molecular flexibility index (Phi) is 6.57. The van der Waals surface area contributed by atoms with Crippen LogP contribution in [-0.2, 0) is 6.54 Å². The molecule has 2 aromatic heterocycles. The highest BCUT2D eigenvalue weighted by Gasteiger charge is 2.15. The van der Waals surface area contributed by atoms with Gasteiger partial charge in [-0.25, -0.2) is 4.98 Å². The molecule has 0 saturated carbocycles. The minimum absolute atomic E-state index is 0.190. The molecule has 31 heavy (non-hydrogen) atoms. The van der Waals surface area contributed by atoms with Gasteiger partial charge < -0.3 is 20.7 Å². The van der Waals surface area contributed by atoms with Gasteiger partial charge in [-0.15, -0.1) is 0 Å². The van der Waals surface area contributed by atoms with E-state index in [-0.39, 0.29) is 11.7 Å². The Morgan fingerprint density at radius 1 is 1.23 bits per heavy atom. The summed E-state index contributed by atoms with van der Waals surface area (Å²) in [7, 11) is 0. The number of hydrogen-bond acceptors (Lipinski definition) is 6. The van der Waals surface area contributed by atoms with Crippen LogP contribution in [0.5, 0.6) is 5.75 Å². The first-order valence-corrected chi connectivity index (χ1v) is 10.7. The Morgan fingerprint density at radius 3 is 2.81 bits per heavy atom. The Morgan fingerprint density at radius 2 is 2.06 bits per heavy atom. The van der Waals surface area contributed by atoms with Crippen molar-refractivity contribution in [1.29, 1.82) is 0 Å². The topological polar surface area (TPSA) is 98.3 Å². The first-order valence-electron chi connectivity index (χ1n) is 10.3. The fraction of sp³-hybridized carbons (Fsp3) is 0.318. The molecule has 3 N–H and O–H groups in total. The van der Waals surface area contributed by atoms with Crippen molar-refractivity contribution < 1.29 is 9.53 Å². The lowest BCUT2D eigenvalue weighted by Crippen LogP contribution is -2.28. The third-order valence-corrected chi connectivity index (χ3v) is 5.31. The number of pyridine rings is 1. The molecule has 3 aromatic rings. The van der Waals surface area contributed by atoms with Gasteiger partial charge in [0.05, 0.1) is 13.1 Å². The number of ether oxygens (including phenoxy) is 1. The molecule has 0 atom stereocenters. The third-order valence-electron chi connectivity index (χ3n) is 5.07. The number of carbonyl (C=O) groups is 1. The van der Waals surface area contributed by atoms with Crippen LogP contribution in [-0.4, -0.2) is 46.9 Å². The van der Waals surface area contributed by atoms with E-state index in [2.05, 4.69) is 20.3 Å². The molecule has 1 saturated heterocycles. The number of aromatic nitrogens is 3. The first kappa shape index (κ1) is 21.0. The van der Waals surface area contributed by atoms with Gasteiger partial charge in [0.1, 0.15) is 23.7 Å². The maximum atomic E-state index is 12.4. The number of amides is 1. The molecule has 8 nitrogen and oxygen atoms in total. The first-order chi connectivity index (χ1) is 15.1. The van der Waals surface area contributed by atoms with E-state index in [4.69, 9.17) is 22.1 Å². The van der Waals surface area contributed by atoms with Crippen LogP contribution in [0.3, 0.4) is 0 Å². The molecule has 0 aliphatic carbocycles. The molecule has 0 radical (unpaired) electrons. The lowest BCUT2D eigenvalue weighted by Gasteiger charge is -2.16. The maximum absolute atomic E-state index is 12.4. The molecule has 1 aliphatic heterocycles. The van der Waals surface area contributed by atoms with Crippen molar-refractivity contribution in [3.8, 4) is 5.75 Å². The van der Waals surface area contributed by atoms with Crippen molar-refractivity contribution >= 4 is 29.1 Å². The summed E-state index contributed by atoms with van der Waals surface area (Å²) >= 11 is 5.92. The number of anilines is 2. The van der Waals surface area contributed by atoms with Crippen molar-refractivity contribution in [2.45, 2.75) is 19.4 Å². The quantitative estimate of drug-likeness (QED) is 0.522. The standard InChI is InChI=1S/C22H25ClN6O2/c23-17-4-3-5-18(12-17)31-11-8-25-22(30)19-15-29(27-21(19)24)14-16-6-7-20(26-13-16)28-9-1-2-10-28/h3-7,12-13,15H,1-2,8-11,14H2,(H2,24,27)(H,25,30). The Hall–Kier alpha value is -3.26. The summed E-state index contributed by atoms with van der Waals surface area (Å²) in [6.45, 7) is 3.25. The molecule has 4 rings (SSSR count). The maximum Gasteiger partial charge on any atom is 0.256 e. The van der Waals surface area contributed by atoms with Gasteiger partial charge in [0.15, 0.2) is 5.82 Å². The molecule has 3 heterocycles. The summed E-state index contributed by atoms with van der Waals surface area (Å²) in [6.07, 6.45) is 5.93. The second-order valence-electron chi connectivity index (χ2n) is 7.41. The number of nitrogen functional groups attached to an aromatic ring is 1. The zero-order valence-corrected chi connectivity index (χ0v) is 17.9. The Labute approximate surface area is 186 Å². The average molecular weight is 441 g/mol. The summed E-state index contributed by atoms with van der Waals surface area (Å²) in [6, 6.07) is 11.2. The van der Waals surface area contributed by atoms with Crippen LogP contribution in [0.25, 0.3) is 0 Å². The molecule has 9 heteroatoms. The van der Waals surface area contributed by atoms with Crippen LogP contribution < -0.4 is 20.7 Å². The number of benzene rings is 1. The number of rotatable bonds is 8. The van der Waals surface area contributed by atoms with E-state index in [9.17, 15) is 4.79 Å². The van der Waals surface area contributed by atoms with Crippen molar-refractivity contribution in [2.75, 3.05) is 36.9 Å². The molecule has 1 aromatic carbocycles. The zero-order valence-electron chi connectivity index (χ0n) is 17.1. The lowest BCUT2D eigenvalue weighted by molar-refractivity contribution is 0.0947. The minimum atomic E-state index is -0.291. The molecule has 1 fully saturated rings. The number of carbonyl (C=O) groups excluding carboxylic acids is 1. The van der Waals surface area contributed by atoms with Gasteiger partial charge in [0.2, 0.25) is 0 Å². The van der Waals surface area contributed by atoms with Crippen molar-refractivity contribution in [1.82, 2.24) is 20.1 Å². The minimum Gasteiger partial charge on any atom is -0.492 e. The average Bonchev–Trinajstić information content (AvgIpc) is 3.42. The normalized spacial score (nSPS) is 13.4. The molecule has 0 spiro atoms. The highest BCUT2D eigenvalue weighted by Crippen LogP contribution is 2.19. The summed E-state index contributed by atoms with van der Waals surface area (Å²) in [4.78, 5) is 19.3. The van der Waals surface area contributed by atoms with Crippen LogP contribution in [0.1, 0.15) is 28.8 Å². The van der Waals surface area contributed by atoms with E-state index in [1.807, 2.05) is 24.4 Å². The molecular formula is C22H25ClN6O2. The van der Waals surface area contributed by atoms with Crippen LogP contribution in [0.2, 0.25) is 5.02 Å². The van der Waals surface area contributed by atoms with Crippen molar-refractivity contribution in [2.24, 2.45) is 0 Å². The van der Waals surface area contributed by atoms with Crippen LogP contribution in [0, 0.1) is 0 Å². The second kappa shape index (κ2) is 9.70. The van der Waals surface area contributed by atoms with Crippen LogP contribution >= 0.6 is 11.6 Å². The van der Waals surface area contributed by atoms with Gasteiger partial charge in [-0.3, -0.25) is 9.48 Å². The largest absolute Gasteiger partial charge is 0.492 e. The summed E-state index contributed by atoms with van der Waals surface area (Å²) in [5.74, 6) is 1.55. The third kappa shape index (κ3) is 5.46. The number of nitrogens with zero attached hydrogens (tertiary/aromatic N) is 4. The fourth-order valence-electron chi connectivity index (χ4n) is 3.51. The second-order valence-corrected chi connectivity index (χ2v) is 7.84. The molecule has 0 unspecified atom stereocenters. The van der Waals surface area contributed by atoms with E-state index >= 15 is 0 Å². The number of hydrogen-bond donors (Lipinski definition) is 2. The molecule has 1 aliphatic rings. The lowest BCUT2D eigenvalue weighted by atomic mass is 10.2. The van der Waals surface area contributed by atoms with Gasteiger partial charge in [0, 0.05) is 30.5 Å². The Balaban J connectivity index is 1.29. The van der Waals surface area contributed by atoms with Crippen molar-refractivity contribution in [3.05, 3.63) is 64.9 Å². The van der Waals surface area contributed by atoms with Gasteiger partial charge in [-0.1, -0.05) is 23.7 Å². The fourth-order valence-corrected chi connectivity index (χ4v) is 3.69. The Bertz CT molecular complexity index is 1030. The molecule has 1 amide bonds. The number of nitrogens with two attached hydrogens (primary N) is 1. The van der Waals surface area contributed by atoms with E-state index in [0.29, 0.717) is 36.0 Å². The smallest absolute Gasteiger partial charge is 0.256 e. The predicted octanol–water partition coefficient (Wildman–Crippen LogP) is 2.97. The number of halogens is 1. The van der Waals surface area contributed by atoms with Gasteiger partial charge in [-0.2, -0.15) is 5.10 Å². The molecule has 162 valence electrons. The monoisotopic (exact) mass is 440 g/mol.